The minimum absolute atomic E-state index is 0.403. The van der Waals surface area contributed by atoms with E-state index in [0.29, 0.717) is 30.4 Å². The van der Waals surface area contributed by atoms with E-state index >= 15 is 0 Å². The number of aromatic hydroxyl groups is 1. The number of aliphatic hydroxyl groups excluding tert-OH is 1. The van der Waals surface area contributed by atoms with Crippen LogP contribution in [-0.4, -0.2) is 45.5 Å². The molecule has 144 valence electrons. The monoisotopic (exact) mass is 371 g/mol. The fraction of sp³-hybridized carbons (Fsp3) is 0.455. The number of likely N-dealkylation sites (tertiary alicyclic amines) is 1. The van der Waals surface area contributed by atoms with E-state index in [1.54, 1.807) is 6.07 Å². The first-order valence-corrected chi connectivity index (χ1v) is 9.57. The van der Waals surface area contributed by atoms with Gasteiger partial charge in [-0.15, -0.1) is 0 Å². The van der Waals surface area contributed by atoms with Crippen molar-refractivity contribution in [2.24, 2.45) is 11.8 Å². The summed E-state index contributed by atoms with van der Waals surface area (Å²) in [5.41, 5.74) is 1.01. The third-order valence-electron chi connectivity index (χ3n) is 6.10. The van der Waals surface area contributed by atoms with Gasteiger partial charge in [0.05, 0.1) is 11.7 Å². The van der Waals surface area contributed by atoms with E-state index in [1.165, 1.54) is 17.7 Å². The van der Waals surface area contributed by atoms with Crippen LogP contribution in [0.3, 0.4) is 0 Å². The predicted octanol–water partition coefficient (Wildman–Crippen LogP) is 2.88. The molecular weight excluding hydrogens is 345 g/mol. The molecule has 27 heavy (non-hydrogen) atoms. The van der Waals surface area contributed by atoms with E-state index in [2.05, 4.69) is 17.0 Å². The molecule has 5 heteroatoms. The molecule has 4 rings (SSSR count). The average molecular weight is 371 g/mol. The van der Waals surface area contributed by atoms with Crippen LogP contribution in [0.25, 0.3) is 0 Å². The van der Waals surface area contributed by atoms with Gasteiger partial charge in [0, 0.05) is 26.1 Å². The average Bonchev–Trinajstić information content (AvgIpc) is 3.11. The van der Waals surface area contributed by atoms with Crippen LogP contribution in [0.4, 0.5) is 4.39 Å². The Morgan fingerprint density at radius 3 is 2.37 bits per heavy atom. The standard InChI is InChI=1S/C22H26FNO3/c23-19-8-16(6-7-20(19)25)21(26)14-24-12-17-10-22(27,11-18(17)13-24)9-15-4-2-1-3-5-15/h1-8,17-18,21,25-27H,9-14H2/t17-,18+,21?,22?. The van der Waals surface area contributed by atoms with Crippen molar-refractivity contribution in [2.75, 3.05) is 19.6 Å². The molecule has 1 saturated heterocycles. The Kier molecular flexibility index (Phi) is 4.93. The smallest absolute Gasteiger partial charge is 0.165 e. The Balaban J connectivity index is 1.33. The number of hydrogen-bond acceptors (Lipinski definition) is 4. The zero-order valence-corrected chi connectivity index (χ0v) is 15.3. The molecule has 2 aliphatic rings. The second-order valence-corrected chi connectivity index (χ2v) is 8.26. The molecule has 1 heterocycles. The molecular formula is C22H26FNO3. The highest BCUT2D eigenvalue weighted by atomic mass is 19.1. The molecule has 4 nitrogen and oxygen atoms in total. The van der Waals surface area contributed by atoms with E-state index in [1.807, 2.05) is 18.2 Å². The molecule has 1 saturated carbocycles. The van der Waals surface area contributed by atoms with E-state index in [9.17, 15) is 19.7 Å². The number of fused-ring (bicyclic) bond motifs is 1. The van der Waals surface area contributed by atoms with Crippen LogP contribution in [-0.2, 0) is 6.42 Å². The van der Waals surface area contributed by atoms with Gasteiger partial charge in [-0.25, -0.2) is 4.39 Å². The van der Waals surface area contributed by atoms with Crippen molar-refractivity contribution in [3.8, 4) is 5.75 Å². The summed E-state index contributed by atoms with van der Waals surface area (Å²) in [7, 11) is 0. The molecule has 2 fully saturated rings. The first-order chi connectivity index (χ1) is 12.9. The Bertz CT molecular complexity index is 783. The number of phenols is 1. The highest BCUT2D eigenvalue weighted by Gasteiger charge is 2.48. The molecule has 1 aliphatic carbocycles. The molecule has 2 aromatic carbocycles. The van der Waals surface area contributed by atoms with Gasteiger partial charge in [0.1, 0.15) is 0 Å². The topological polar surface area (TPSA) is 63.9 Å². The van der Waals surface area contributed by atoms with Gasteiger partial charge in [0.2, 0.25) is 0 Å². The number of aliphatic hydroxyl groups is 2. The highest BCUT2D eigenvalue weighted by molar-refractivity contribution is 5.29. The number of β-amino-alcohol motifs (C(OH)–C–C–N with tert-alkyl or cyclic N) is 1. The zero-order chi connectivity index (χ0) is 19.0. The van der Waals surface area contributed by atoms with Gasteiger partial charge in [0.25, 0.3) is 0 Å². The minimum atomic E-state index is -0.790. The zero-order valence-electron chi connectivity index (χ0n) is 15.3. The summed E-state index contributed by atoms with van der Waals surface area (Å²) in [6.07, 6.45) is 1.47. The Hall–Kier alpha value is -1.95. The normalized spacial score (nSPS) is 29.0. The summed E-state index contributed by atoms with van der Waals surface area (Å²) in [6, 6.07) is 14.1. The van der Waals surface area contributed by atoms with Gasteiger partial charge >= 0.3 is 0 Å². The molecule has 4 atom stereocenters. The minimum Gasteiger partial charge on any atom is -0.505 e. The van der Waals surface area contributed by atoms with Crippen molar-refractivity contribution in [1.82, 2.24) is 4.90 Å². The lowest BCUT2D eigenvalue weighted by molar-refractivity contribution is 0.0328. The Morgan fingerprint density at radius 2 is 1.74 bits per heavy atom. The van der Waals surface area contributed by atoms with Gasteiger partial charge in [-0.2, -0.15) is 0 Å². The van der Waals surface area contributed by atoms with Gasteiger partial charge in [-0.1, -0.05) is 36.4 Å². The lowest BCUT2D eigenvalue weighted by Gasteiger charge is -2.27. The maximum Gasteiger partial charge on any atom is 0.165 e. The number of nitrogens with zero attached hydrogens (tertiary/aromatic N) is 1. The van der Waals surface area contributed by atoms with Crippen molar-refractivity contribution < 1.29 is 19.7 Å². The van der Waals surface area contributed by atoms with E-state index < -0.39 is 23.3 Å². The third kappa shape index (κ3) is 4.00. The van der Waals surface area contributed by atoms with Gasteiger partial charge in [-0.05, 0) is 47.9 Å². The molecule has 0 aromatic heterocycles. The van der Waals surface area contributed by atoms with E-state index in [4.69, 9.17) is 0 Å². The highest BCUT2D eigenvalue weighted by Crippen LogP contribution is 2.45. The molecule has 2 aromatic rings. The van der Waals surface area contributed by atoms with Crippen LogP contribution in [0.5, 0.6) is 5.75 Å². The van der Waals surface area contributed by atoms with Crippen molar-refractivity contribution in [3.63, 3.8) is 0 Å². The Labute approximate surface area is 158 Å². The van der Waals surface area contributed by atoms with Crippen LogP contribution < -0.4 is 0 Å². The lowest BCUT2D eigenvalue weighted by Crippen LogP contribution is -2.33. The van der Waals surface area contributed by atoms with Crippen LogP contribution in [0, 0.1) is 17.7 Å². The summed E-state index contributed by atoms with van der Waals surface area (Å²) in [4.78, 5) is 2.20. The lowest BCUT2D eigenvalue weighted by atomic mass is 9.91. The molecule has 0 spiro atoms. The van der Waals surface area contributed by atoms with Gasteiger partial charge in [-0.3, -0.25) is 4.90 Å². The van der Waals surface area contributed by atoms with Crippen molar-refractivity contribution >= 4 is 0 Å². The van der Waals surface area contributed by atoms with Gasteiger partial charge in [0.15, 0.2) is 11.6 Å². The maximum atomic E-state index is 13.5. The first-order valence-electron chi connectivity index (χ1n) is 9.57. The molecule has 0 amide bonds. The van der Waals surface area contributed by atoms with Crippen LogP contribution in [0.1, 0.15) is 30.1 Å². The second kappa shape index (κ2) is 7.23. The third-order valence-corrected chi connectivity index (χ3v) is 6.10. The molecule has 3 N–H and O–H groups in total. The Morgan fingerprint density at radius 1 is 1.07 bits per heavy atom. The second-order valence-electron chi connectivity index (χ2n) is 8.26. The summed E-state index contributed by atoms with van der Waals surface area (Å²) < 4.78 is 13.5. The number of rotatable bonds is 5. The van der Waals surface area contributed by atoms with E-state index in [0.717, 1.165) is 25.9 Å². The summed E-state index contributed by atoms with van der Waals surface area (Å²) in [5, 5.41) is 30.7. The number of phenolic OH excluding ortho intramolecular Hbond substituents is 1. The number of hydrogen-bond donors (Lipinski definition) is 3. The summed E-state index contributed by atoms with van der Waals surface area (Å²) in [5.74, 6) is -0.250. The van der Waals surface area contributed by atoms with Crippen molar-refractivity contribution in [3.05, 3.63) is 65.5 Å². The van der Waals surface area contributed by atoms with Crippen LogP contribution in [0.2, 0.25) is 0 Å². The van der Waals surface area contributed by atoms with Crippen molar-refractivity contribution in [1.29, 1.82) is 0 Å². The van der Waals surface area contributed by atoms with Crippen LogP contribution in [0.15, 0.2) is 48.5 Å². The predicted molar refractivity (Wildman–Crippen MR) is 101 cm³/mol. The SMILES string of the molecule is Oc1ccc(C(O)CN2C[C@@H]3CC(O)(Cc4ccccc4)C[C@@H]3C2)cc1F. The van der Waals surface area contributed by atoms with Gasteiger partial charge < -0.3 is 15.3 Å². The summed E-state index contributed by atoms with van der Waals surface area (Å²) in [6.45, 7) is 2.13. The fourth-order valence-corrected chi connectivity index (χ4v) is 4.91. The number of halogens is 1. The first kappa shape index (κ1) is 18.4. The quantitative estimate of drug-likeness (QED) is 0.756. The fourth-order valence-electron chi connectivity index (χ4n) is 4.91. The molecule has 0 bridgehead atoms. The molecule has 2 unspecified atom stereocenters. The molecule has 0 radical (unpaired) electrons. The largest absolute Gasteiger partial charge is 0.505 e. The molecule has 1 aliphatic heterocycles. The van der Waals surface area contributed by atoms with Crippen LogP contribution >= 0.6 is 0 Å². The summed E-state index contributed by atoms with van der Waals surface area (Å²) >= 11 is 0. The maximum absolute atomic E-state index is 13.5. The van der Waals surface area contributed by atoms with E-state index in [-0.39, 0.29) is 0 Å². The number of benzene rings is 2. The van der Waals surface area contributed by atoms with Crippen molar-refractivity contribution in [2.45, 2.75) is 31.0 Å².